The predicted octanol–water partition coefficient (Wildman–Crippen LogP) is 5.01. The van der Waals surface area contributed by atoms with Crippen molar-refractivity contribution < 1.29 is 0 Å². The van der Waals surface area contributed by atoms with Gasteiger partial charge in [0.05, 0.1) is 0 Å². The van der Waals surface area contributed by atoms with Crippen LogP contribution in [0, 0.1) is 0 Å². The lowest BCUT2D eigenvalue weighted by molar-refractivity contribution is 1.47. The molecular formula is C16H14S. The minimum Gasteiger partial charge on any atom is -0.0979 e. The minimum absolute atomic E-state index is 1.16. The normalized spacial score (nSPS) is 11.2. The lowest BCUT2D eigenvalue weighted by Crippen LogP contribution is -1.75. The third kappa shape index (κ3) is 3.65. The molecule has 0 atom stereocenters. The Balaban J connectivity index is 2.18. The van der Waals surface area contributed by atoms with Gasteiger partial charge in [-0.25, -0.2) is 0 Å². The van der Waals surface area contributed by atoms with Gasteiger partial charge in [-0.15, -0.1) is 0 Å². The number of thioether (sulfide) groups is 1. The van der Waals surface area contributed by atoms with E-state index in [1.54, 1.807) is 11.8 Å². The second kappa shape index (κ2) is 6.12. The molecule has 0 amide bonds. The van der Waals surface area contributed by atoms with E-state index in [1.165, 1.54) is 10.5 Å². The Morgan fingerprint density at radius 2 is 1.47 bits per heavy atom. The van der Waals surface area contributed by atoms with Crippen molar-refractivity contribution in [1.82, 2.24) is 0 Å². The average molecular weight is 238 g/mol. The fourth-order valence-corrected chi connectivity index (χ4v) is 2.31. The van der Waals surface area contributed by atoms with E-state index in [0.29, 0.717) is 0 Å². The smallest absolute Gasteiger partial charge is 0.0122 e. The summed E-state index contributed by atoms with van der Waals surface area (Å²) >= 11 is 1.73. The Bertz CT molecular complexity index is 498. The standard InChI is InChI=1S/C16H14S/c1-2-15(13-14-9-5-3-6-10-14)17-16-11-7-4-8-12-16/h2-13H,1H2/b15-13-. The second-order valence-electron chi connectivity index (χ2n) is 3.58. The van der Waals surface area contributed by atoms with Crippen molar-refractivity contribution in [3.05, 3.63) is 83.8 Å². The van der Waals surface area contributed by atoms with Gasteiger partial charge in [0.2, 0.25) is 0 Å². The summed E-state index contributed by atoms with van der Waals surface area (Å²) in [4.78, 5) is 2.39. The molecule has 1 heteroatoms. The van der Waals surface area contributed by atoms with E-state index in [9.17, 15) is 0 Å². The first-order valence-corrected chi connectivity index (χ1v) is 6.32. The lowest BCUT2D eigenvalue weighted by Gasteiger charge is -2.02. The molecule has 0 aliphatic carbocycles. The quantitative estimate of drug-likeness (QED) is 0.533. The monoisotopic (exact) mass is 238 g/mol. The maximum Gasteiger partial charge on any atom is 0.0122 e. The van der Waals surface area contributed by atoms with Crippen molar-refractivity contribution in [2.75, 3.05) is 0 Å². The lowest BCUT2D eigenvalue weighted by atomic mass is 10.2. The molecule has 0 heterocycles. The zero-order valence-electron chi connectivity index (χ0n) is 9.54. The molecule has 0 N–H and O–H groups in total. The summed E-state index contributed by atoms with van der Waals surface area (Å²) in [5.74, 6) is 0. The Kier molecular flexibility index (Phi) is 4.23. The van der Waals surface area contributed by atoms with E-state index >= 15 is 0 Å². The van der Waals surface area contributed by atoms with Crippen LogP contribution in [0.1, 0.15) is 5.56 Å². The zero-order valence-corrected chi connectivity index (χ0v) is 10.4. The highest BCUT2D eigenvalue weighted by molar-refractivity contribution is 8.03. The van der Waals surface area contributed by atoms with Crippen molar-refractivity contribution in [1.29, 1.82) is 0 Å². The van der Waals surface area contributed by atoms with Crippen LogP contribution >= 0.6 is 11.8 Å². The van der Waals surface area contributed by atoms with Gasteiger partial charge < -0.3 is 0 Å². The second-order valence-corrected chi connectivity index (χ2v) is 4.72. The molecule has 84 valence electrons. The van der Waals surface area contributed by atoms with Crippen LogP contribution in [0.15, 0.2) is 83.1 Å². The molecule has 0 saturated heterocycles. The van der Waals surface area contributed by atoms with E-state index in [4.69, 9.17) is 0 Å². The first-order chi connectivity index (χ1) is 8.38. The van der Waals surface area contributed by atoms with Gasteiger partial charge in [-0.05, 0) is 23.8 Å². The molecule has 0 nitrogen and oxygen atoms in total. The summed E-state index contributed by atoms with van der Waals surface area (Å²) in [5.41, 5.74) is 1.20. The molecule has 2 aromatic carbocycles. The van der Waals surface area contributed by atoms with Crippen LogP contribution < -0.4 is 0 Å². The van der Waals surface area contributed by atoms with Gasteiger partial charge in [0.25, 0.3) is 0 Å². The maximum absolute atomic E-state index is 3.86. The van der Waals surface area contributed by atoms with Crippen LogP contribution in [-0.4, -0.2) is 0 Å². The molecule has 0 aromatic heterocycles. The number of benzene rings is 2. The van der Waals surface area contributed by atoms with Gasteiger partial charge in [0, 0.05) is 9.80 Å². The van der Waals surface area contributed by atoms with Crippen molar-refractivity contribution in [2.24, 2.45) is 0 Å². The van der Waals surface area contributed by atoms with Crippen LogP contribution in [0.2, 0.25) is 0 Å². The van der Waals surface area contributed by atoms with Gasteiger partial charge in [-0.1, -0.05) is 72.9 Å². The minimum atomic E-state index is 1.16. The summed E-state index contributed by atoms with van der Waals surface area (Å²) < 4.78 is 0. The van der Waals surface area contributed by atoms with E-state index in [-0.39, 0.29) is 0 Å². The molecule has 0 fully saturated rings. The molecule has 0 unspecified atom stereocenters. The average Bonchev–Trinajstić information content (AvgIpc) is 2.40. The molecule has 0 spiro atoms. The molecule has 0 radical (unpaired) electrons. The molecule has 0 aliphatic heterocycles. The predicted molar refractivity (Wildman–Crippen MR) is 76.9 cm³/mol. The summed E-state index contributed by atoms with van der Waals surface area (Å²) in [6.45, 7) is 3.86. The van der Waals surface area contributed by atoms with Crippen LogP contribution in [0.25, 0.3) is 6.08 Å². The van der Waals surface area contributed by atoms with Crippen LogP contribution in [0.4, 0.5) is 0 Å². The third-order valence-corrected chi connectivity index (χ3v) is 3.32. The Morgan fingerprint density at radius 3 is 2.06 bits per heavy atom. The summed E-state index contributed by atoms with van der Waals surface area (Å²) in [6, 6.07) is 20.6. The molecule has 0 aliphatic rings. The molecule has 2 rings (SSSR count). The molecule has 0 bridgehead atoms. The maximum atomic E-state index is 3.86. The van der Waals surface area contributed by atoms with Crippen LogP contribution in [0.3, 0.4) is 0 Å². The van der Waals surface area contributed by atoms with Gasteiger partial charge in [-0.3, -0.25) is 0 Å². The first kappa shape index (κ1) is 11.7. The Labute approximate surface area is 107 Å². The fraction of sp³-hybridized carbons (Fsp3) is 0. The molecule has 17 heavy (non-hydrogen) atoms. The fourth-order valence-electron chi connectivity index (χ4n) is 1.47. The van der Waals surface area contributed by atoms with Crippen LogP contribution in [0.5, 0.6) is 0 Å². The SMILES string of the molecule is C=C/C(=C/c1ccccc1)Sc1ccccc1. The summed E-state index contributed by atoms with van der Waals surface area (Å²) in [6.07, 6.45) is 4.04. The van der Waals surface area contributed by atoms with Crippen molar-refractivity contribution in [2.45, 2.75) is 4.90 Å². The highest BCUT2D eigenvalue weighted by Gasteiger charge is 1.96. The van der Waals surface area contributed by atoms with E-state index in [2.05, 4.69) is 36.9 Å². The van der Waals surface area contributed by atoms with Gasteiger partial charge >= 0.3 is 0 Å². The number of hydrogen-bond donors (Lipinski definition) is 0. The third-order valence-electron chi connectivity index (χ3n) is 2.29. The van der Waals surface area contributed by atoms with Gasteiger partial charge in [0.1, 0.15) is 0 Å². The largest absolute Gasteiger partial charge is 0.0979 e. The highest BCUT2D eigenvalue weighted by Crippen LogP contribution is 2.28. The van der Waals surface area contributed by atoms with Gasteiger partial charge in [-0.2, -0.15) is 0 Å². The molecule has 0 saturated carbocycles. The zero-order chi connectivity index (χ0) is 11.9. The summed E-state index contributed by atoms with van der Waals surface area (Å²) in [5, 5.41) is 0. The van der Waals surface area contributed by atoms with E-state index < -0.39 is 0 Å². The first-order valence-electron chi connectivity index (χ1n) is 5.50. The van der Waals surface area contributed by atoms with Crippen molar-refractivity contribution in [3.8, 4) is 0 Å². The topological polar surface area (TPSA) is 0 Å². The number of rotatable bonds is 4. The number of allylic oxidation sites excluding steroid dienone is 1. The van der Waals surface area contributed by atoms with Crippen molar-refractivity contribution >= 4 is 17.8 Å². The van der Waals surface area contributed by atoms with E-state index in [0.717, 1.165) is 4.91 Å². The highest BCUT2D eigenvalue weighted by atomic mass is 32.2. The number of hydrogen-bond acceptors (Lipinski definition) is 1. The van der Waals surface area contributed by atoms with Gasteiger partial charge in [0.15, 0.2) is 0 Å². The Morgan fingerprint density at radius 1 is 0.882 bits per heavy atom. The molecular weight excluding hydrogens is 224 g/mol. The van der Waals surface area contributed by atoms with Crippen LogP contribution in [-0.2, 0) is 0 Å². The summed E-state index contributed by atoms with van der Waals surface area (Å²) in [7, 11) is 0. The van der Waals surface area contributed by atoms with E-state index in [1.807, 2.05) is 42.5 Å². The van der Waals surface area contributed by atoms with Crippen molar-refractivity contribution in [3.63, 3.8) is 0 Å². The molecule has 2 aromatic rings. The Hall–Kier alpha value is -1.73.